The lowest BCUT2D eigenvalue weighted by atomic mass is 10.0. The maximum Gasteiger partial charge on any atom is 0.412 e. The molecular weight excluding hydrogens is 558 g/mol. The quantitative estimate of drug-likeness (QED) is 0.0854. The maximum absolute atomic E-state index is 12.0. The maximum atomic E-state index is 12.0. The molecule has 44 heavy (non-hydrogen) atoms. The largest absolute Gasteiger partial charge is 0.506 e. The van der Waals surface area contributed by atoms with E-state index in [0.29, 0.717) is 41.1 Å². The first kappa shape index (κ1) is 32.6. The first-order valence-electron chi connectivity index (χ1n) is 15.3. The number of benzene rings is 3. The van der Waals surface area contributed by atoms with E-state index in [1.807, 2.05) is 43.3 Å². The Morgan fingerprint density at radius 3 is 2.45 bits per heavy atom. The van der Waals surface area contributed by atoms with Crippen molar-refractivity contribution in [3.05, 3.63) is 99.8 Å². The molecule has 0 unspecified atom stereocenters. The molecule has 0 aliphatic carbocycles. The number of H-pyrrole nitrogens is 1. The third-order valence-corrected chi connectivity index (χ3v) is 7.82. The van der Waals surface area contributed by atoms with Crippen LogP contribution >= 0.6 is 0 Å². The molecule has 9 heteroatoms. The lowest BCUT2D eigenvalue weighted by Gasteiger charge is -2.21. The van der Waals surface area contributed by atoms with Gasteiger partial charge in [-0.25, -0.2) is 4.79 Å². The molecule has 0 saturated heterocycles. The van der Waals surface area contributed by atoms with Crippen LogP contribution in [-0.4, -0.2) is 46.1 Å². The fourth-order valence-corrected chi connectivity index (χ4v) is 5.29. The Hall–Kier alpha value is -4.34. The molecular formula is C35H43N3O6. The number of nitrogens with zero attached hydrogens (tertiary/aromatic N) is 1. The molecule has 0 aliphatic rings. The summed E-state index contributed by atoms with van der Waals surface area (Å²) in [5.41, 5.74) is 3.32. The molecule has 4 aromatic rings. The van der Waals surface area contributed by atoms with Crippen LogP contribution in [0.25, 0.3) is 10.9 Å². The molecule has 3 aromatic carbocycles. The summed E-state index contributed by atoms with van der Waals surface area (Å²) in [5, 5.41) is 34.4. The van der Waals surface area contributed by atoms with Crippen LogP contribution < -0.4 is 20.5 Å². The molecule has 0 bridgehead atoms. The summed E-state index contributed by atoms with van der Waals surface area (Å²) in [7, 11) is 0. The number of aromatic hydroxyl groups is 1. The first-order chi connectivity index (χ1) is 21.3. The SMILES string of the molecule is Cc1ccccc1CN(C(=O)O)c1cccc(OCCCCCCCCCNC[C@H](O)c2ccc(O)c3[nH]c(=O)ccc23)c1. The van der Waals surface area contributed by atoms with Crippen LogP contribution in [0.1, 0.15) is 67.7 Å². The Morgan fingerprint density at radius 1 is 0.932 bits per heavy atom. The number of aliphatic hydroxyl groups excluding tert-OH is 1. The van der Waals surface area contributed by atoms with Crippen LogP contribution in [-0.2, 0) is 6.54 Å². The van der Waals surface area contributed by atoms with Gasteiger partial charge in [-0.05, 0) is 67.3 Å². The number of nitrogens with one attached hydrogen (secondary N) is 2. The number of aliphatic hydroxyl groups is 1. The van der Waals surface area contributed by atoms with Gasteiger partial charge in [0.25, 0.3) is 0 Å². The lowest BCUT2D eigenvalue weighted by Crippen LogP contribution is -2.28. The van der Waals surface area contributed by atoms with Crippen LogP contribution in [0, 0.1) is 6.92 Å². The molecule has 5 N–H and O–H groups in total. The minimum absolute atomic E-state index is 0.0156. The van der Waals surface area contributed by atoms with Gasteiger partial charge in [-0.15, -0.1) is 0 Å². The van der Waals surface area contributed by atoms with Gasteiger partial charge in [-0.2, -0.15) is 0 Å². The van der Waals surface area contributed by atoms with Crippen LogP contribution in [0.5, 0.6) is 11.5 Å². The molecule has 1 aromatic heterocycles. The number of aromatic nitrogens is 1. The summed E-state index contributed by atoms with van der Waals surface area (Å²) in [4.78, 5) is 27.5. The predicted molar refractivity (Wildman–Crippen MR) is 174 cm³/mol. The number of hydrogen-bond acceptors (Lipinski definition) is 6. The van der Waals surface area contributed by atoms with Crippen molar-refractivity contribution in [2.24, 2.45) is 0 Å². The van der Waals surface area contributed by atoms with Gasteiger partial charge in [-0.3, -0.25) is 9.69 Å². The van der Waals surface area contributed by atoms with Crippen LogP contribution in [0.4, 0.5) is 10.5 Å². The van der Waals surface area contributed by atoms with Crippen molar-refractivity contribution in [3.8, 4) is 11.5 Å². The fraction of sp³-hybridized carbons (Fsp3) is 0.371. The number of ether oxygens (including phenoxy) is 1. The molecule has 0 spiro atoms. The van der Waals surface area contributed by atoms with Gasteiger partial charge in [0.15, 0.2) is 0 Å². The van der Waals surface area contributed by atoms with E-state index < -0.39 is 12.2 Å². The third-order valence-electron chi connectivity index (χ3n) is 7.82. The highest BCUT2D eigenvalue weighted by atomic mass is 16.5. The van der Waals surface area contributed by atoms with Crippen molar-refractivity contribution in [2.45, 2.75) is 64.5 Å². The van der Waals surface area contributed by atoms with E-state index in [2.05, 4.69) is 10.3 Å². The van der Waals surface area contributed by atoms with E-state index in [4.69, 9.17) is 4.74 Å². The Morgan fingerprint density at radius 2 is 1.68 bits per heavy atom. The van der Waals surface area contributed by atoms with Gasteiger partial charge in [0.1, 0.15) is 11.5 Å². The molecule has 234 valence electrons. The van der Waals surface area contributed by atoms with Crippen molar-refractivity contribution in [1.29, 1.82) is 0 Å². The second-order valence-corrected chi connectivity index (χ2v) is 11.1. The number of anilines is 1. The van der Waals surface area contributed by atoms with Gasteiger partial charge in [-0.1, -0.05) is 68.5 Å². The Balaban J connectivity index is 1.07. The zero-order valence-electron chi connectivity index (χ0n) is 25.3. The van der Waals surface area contributed by atoms with Gasteiger partial charge in [0.05, 0.1) is 30.5 Å². The van der Waals surface area contributed by atoms with E-state index in [0.717, 1.165) is 62.6 Å². The van der Waals surface area contributed by atoms with E-state index in [1.54, 1.807) is 24.3 Å². The molecule has 1 atom stereocenters. The Kier molecular flexibility index (Phi) is 12.2. The predicted octanol–water partition coefficient (Wildman–Crippen LogP) is 6.66. The molecule has 0 saturated carbocycles. The highest BCUT2D eigenvalue weighted by Crippen LogP contribution is 2.28. The smallest absolute Gasteiger partial charge is 0.412 e. The van der Waals surface area contributed by atoms with E-state index in [9.17, 15) is 24.9 Å². The number of carboxylic acid groups (broad SMARTS) is 1. The van der Waals surface area contributed by atoms with E-state index >= 15 is 0 Å². The minimum Gasteiger partial charge on any atom is -0.506 e. The monoisotopic (exact) mass is 601 g/mol. The van der Waals surface area contributed by atoms with Crippen molar-refractivity contribution >= 4 is 22.7 Å². The van der Waals surface area contributed by atoms with Gasteiger partial charge >= 0.3 is 6.09 Å². The van der Waals surface area contributed by atoms with Crippen LogP contribution in [0.2, 0.25) is 0 Å². The molecule has 0 fully saturated rings. The van der Waals surface area contributed by atoms with Gasteiger partial charge in [0, 0.05) is 24.1 Å². The van der Waals surface area contributed by atoms with E-state index in [-0.39, 0.29) is 17.9 Å². The van der Waals surface area contributed by atoms with Crippen molar-refractivity contribution in [3.63, 3.8) is 0 Å². The standard InChI is InChI=1S/C35H43N3O6/c1-25-12-7-8-13-26(25)24-38(35(42)43)27-14-11-15-28(22-27)44-21-10-6-4-2-3-5-9-20-36-23-32(40)29-16-18-31(39)34-30(29)17-19-33(41)37-34/h7-8,11-19,22,32,36,39-40H,2-6,9-10,20-21,23-24H2,1H3,(H,37,41)(H,42,43)/t32-/m0/s1. The van der Waals surface area contributed by atoms with Gasteiger partial charge < -0.3 is 30.4 Å². The Bertz CT molecular complexity index is 1570. The van der Waals surface area contributed by atoms with Crippen molar-refractivity contribution in [2.75, 3.05) is 24.6 Å². The number of carbonyl (C=O) groups is 1. The molecule has 4 rings (SSSR count). The summed E-state index contributed by atoms with van der Waals surface area (Å²) >= 11 is 0. The molecule has 1 heterocycles. The molecule has 1 amide bonds. The average Bonchev–Trinajstić information content (AvgIpc) is 3.01. The van der Waals surface area contributed by atoms with Crippen LogP contribution in [0.15, 0.2) is 77.6 Å². The number of hydrogen-bond donors (Lipinski definition) is 5. The summed E-state index contributed by atoms with van der Waals surface area (Å²) < 4.78 is 5.93. The number of unbranched alkanes of at least 4 members (excludes halogenated alkanes) is 6. The second-order valence-electron chi connectivity index (χ2n) is 11.1. The summed E-state index contributed by atoms with van der Waals surface area (Å²) in [6.07, 6.45) is 5.83. The van der Waals surface area contributed by atoms with Crippen molar-refractivity contribution in [1.82, 2.24) is 10.3 Å². The normalized spacial score (nSPS) is 11.9. The topological polar surface area (TPSA) is 135 Å². The summed E-state index contributed by atoms with van der Waals surface area (Å²) in [6, 6.07) is 21.2. The number of fused-ring (bicyclic) bond motifs is 1. The summed E-state index contributed by atoms with van der Waals surface area (Å²) in [5.74, 6) is 0.655. The van der Waals surface area contributed by atoms with E-state index in [1.165, 1.54) is 17.0 Å². The minimum atomic E-state index is -0.999. The first-order valence-corrected chi connectivity index (χ1v) is 15.3. The lowest BCUT2D eigenvalue weighted by molar-refractivity contribution is 0.176. The second kappa shape index (κ2) is 16.5. The number of phenols is 1. The number of aryl methyl sites for hydroxylation is 1. The number of rotatable bonds is 17. The third kappa shape index (κ3) is 9.33. The molecule has 9 nitrogen and oxygen atoms in total. The number of pyridine rings is 1. The van der Waals surface area contributed by atoms with Crippen LogP contribution in [0.3, 0.4) is 0 Å². The summed E-state index contributed by atoms with van der Waals surface area (Å²) in [6.45, 7) is 4.05. The molecule has 0 aliphatic heterocycles. The highest BCUT2D eigenvalue weighted by molar-refractivity contribution is 5.87. The zero-order chi connectivity index (χ0) is 31.3. The number of phenolic OH excluding ortho intramolecular Hbond substituents is 1. The Labute approximate surface area is 258 Å². The number of aromatic amines is 1. The zero-order valence-corrected chi connectivity index (χ0v) is 25.3. The number of amides is 1. The van der Waals surface area contributed by atoms with Crippen molar-refractivity contribution < 1.29 is 24.9 Å². The van der Waals surface area contributed by atoms with Gasteiger partial charge in [0.2, 0.25) is 5.56 Å². The fourth-order valence-electron chi connectivity index (χ4n) is 5.29. The molecule has 0 radical (unpaired) electrons. The average molecular weight is 602 g/mol. The highest BCUT2D eigenvalue weighted by Gasteiger charge is 2.17.